The van der Waals surface area contributed by atoms with Crippen LogP contribution in [-0.4, -0.2) is 5.17 Å². The van der Waals surface area contributed by atoms with Crippen LogP contribution in [0.5, 0.6) is 0 Å². The number of halogens is 1. The summed E-state index contributed by atoms with van der Waals surface area (Å²) in [4.78, 5) is 4.69. The molecule has 0 aliphatic carbocycles. The van der Waals surface area contributed by atoms with Crippen LogP contribution < -0.4 is 5.73 Å². The van der Waals surface area contributed by atoms with Gasteiger partial charge in [-0.15, -0.1) is 0 Å². The normalized spacial score (nSPS) is 14.0. The third-order valence-corrected chi connectivity index (χ3v) is 5.50. The molecule has 132 valence electrons. The molecule has 0 amide bonds. The van der Waals surface area contributed by atoms with Crippen LogP contribution in [0, 0.1) is 0 Å². The molecule has 0 radical (unpaired) electrons. The van der Waals surface area contributed by atoms with Crippen molar-refractivity contribution in [3.8, 4) is 0 Å². The number of thioether (sulfide) groups is 1. The summed E-state index contributed by atoms with van der Waals surface area (Å²) in [5, 5.41) is 1.37. The van der Waals surface area contributed by atoms with Crippen molar-refractivity contribution in [1.29, 1.82) is 0 Å². The Morgan fingerprint density at radius 2 is 1.31 bits per heavy atom. The Balaban J connectivity index is 1.85. The van der Waals surface area contributed by atoms with Crippen LogP contribution in [0.3, 0.4) is 0 Å². The van der Waals surface area contributed by atoms with Gasteiger partial charge in [0.1, 0.15) is 0 Å². The summed E-state index contributed by atoms with van der Waals surface area (Å²) in [5.74, 6) is 0. The van der Waals surface area contributed by atoms with Gasteiger partial charge in [-0.3, -0.25) is 4.99 Å². The van der Waals surface area contributed by atoms with E-state index in [2.05, 4.69) is 36.2 Å². The van der Waals surface area contributed by atoms with Crippen LogP contribution in [0.25, 0.3) is 0 Å². The lowest BCUT2D eigenvalue weighted by atomic mass is 10.0. The van der Waals surface area contributed by atoms with E-state index in [-0.39, 0.29) is 11.3 Å². The molecule has 3 aromatic carbocycles. The molecule has 0 unspecified atom stereocenters. The maximum absolute atomic E-state index is 6.30. The quantitative estimate of drug-likeness (QED) is 0.420. The van der Waals surface area contributed by atoms with Gasteiger partial charge < -0.3 is 5.73 Å². The van der Waals surface area contributed by atoms with Gasteiger partial charge in [0, 0.05) is 5.02 Å². The Morgan fingerprint density at radius 3 is 1.88 bits per heavy atom. The van der Waals surface area contributed by atoms with E-state index in [1.54, 1.807) is 11.8 Å². The molecule has 0 saturated carbocycles. The largest absolute Gasteiger partial charge is 0.378 e. The van der Waals surface area contributed by atoms with Crippen LogP contribution in [-0.2, 0) is 0 Å². The number of hydrogen-bond acceptors (Lipinski definition) is 2. The molecule has 3 rings (SSSR count). The summed E-state index contributed by atoms with van der Waals surface area (Å²) >= 11 is 7.61. The molecular formula is C22H21ClN2S. The Labute approximate surface area is 164 Å². The zero-order valence-electron chi connectivity index (χ0n) is 14.5. The van der Waals surface area contributed by atoms with E-state index >= 15 is 0 Å². The second-order valence-corrected chi connectivity index (χ2v) is 7.58. The van der Waals surface area contributed by atoms with E-state index in [1.165, 1.54) is 5.56 Å². The highest BCUT2D eigenvalue weighted by Crippen LogP contribution is 2.36. The van der Waals surface area contributed by atoms with Gasteiger partial charge in [-0.1, -0.05) is 96.2 Å². The van der Waals surface area contributed by atoms with Crippen LogP contribution in [0.4, 0.5) is 0 Å². The first-order valence-electron chi connectivity index (χ1n) is 8.49. The molecule has 2 nitrogen and oxygen atoms in total. The van der Waals surface area contributed by atoms with Gasteiger partial charge >= 0.3 is 0 Å². The average Bonchev–Trinajstić information content (AvgIpc) is 2.68. The number of aliphatic imine (C=N–C) groups is 1. The van der Waals surface area contributed by atoms with Gasteiger partial charge in [0.25, 0.3) is 0 Å². The highest BCUT2D eigenvalue weighted by atomic mass is 35.5. The lowest BCUT2D eigenvalue weighted by Crippen LogP contribution is -2.12. The number of rotatable bonds is 5. The average molecular weight is 381 g/mol. The molecule has 2 atom stereocenters. The lowest BCUT2D eigenvalue weighted by Gasteiger charge is -2.18. The van der Waals surface area contributed by atoms with Crippen molar-refractivity contribution in [2.45, 2.75) is 18.2 Å². The Bertz CT molecular complexity index is 848. The fourth-order valence-corrected chi connectivity index (χ4v) is 3.91. The Morgan fingerprint density at radius 1 is 0.808 bits per heavy atom. The topological polar surface area (TPSA) is 38.4 Å². The minimum atomic E-state index is 0.0188. The zero-order chi connectivity index (χ0) is 18.4. The molecule has 0 bridgehead atoms. The van der Waals surface area contributed by atoms with Crippen molar-refractivity contribution in [2.24, 2.45) is 10.7 Å². The molecule has 2 N–H and O–H groups in total. The molecule has 0 aliphatic heterocycles. The van der Waals surface area contributed by atoms with E-state index in [9.17, 15) is 0 Å². The predicted octanol–water partition coefficient (Wildman–Crippen LogP) is 6.24. The summed E-state index contributed by atoms with van der Waals surface area (Å²) in [6.45, 7) is 2.06. The fourth-order valence-electron chi connectivity index (χ4n) is 2.74. The van der Waals surface area contributed by atoms with Gasteiger partial charge in [-0.05, 0) is 35.7 Å². The van der Waals surface area contributed by atoms with Crippen LogP contribution in [0.2, 0.25) is 5.02 Å². The Kier molecular flexibility index (Phi) is 6.37. The van der Waals surface area contributed by atoms with Crippen molar-refractivity contribution in [3.05, 3.63) is 107 Å². The summed E-state index contributed by atoms with van der Waals surface area (Å²) in [6, 6.07) is 28.4. The van der Waals surface area contributed by atoms with Crippen molar-refractivity contribution in [2.75, 3.05) is 0 Å². The van der Waals surface area contributed by atoms with Gasteiger partial charge in [-0.2, -0.15) is 0 Å². The second-order valence-electron chi connectivity index (χ2n) is 6.01. The molecule has 0 fully saturated rings. The number of hydrogen-bond donors (Lipinski definition) is 1. The predicted molar refractivity (Wildman–Crippen MR) is 114 cm³/mol. The first-order valence-corrected chi connectivity index (χ1v) is 9.74. The SMILES string of the molecule is C[C@H](N=C(N)S[C@H](c1ccccc1)c1ccc(Cl)cc1)c1ccccc1. The van der Waals surface area contributed by atoms with E-state index in [0.717, 1.165) is 16.1 Å². The van der Waals surface area contributed by atoms with Crippen LogP contribution >= 0.6 is 23.4 Å². The first-order chi connectivity index (χ1) is 12.6. The van der Waals surface area contributed by atoms with E-state index in [1.807, 2.05) is 60.7 Å². The van der Waals surface area contributed by atoms with Gasteiger partial charge in [0.2, 0.25) is 0 Å². The minimum Gasteiger partial charge on any atom is -0.378 e. The molecule has 0 saturated heterocycles. The highest BCUT2D eigenvalue weighted by molar-refractivity contribution is 8.14. The maximum atomic E-state index is 6.30. The number of nitrogens with zero attached hydrogens (tertiary/aromatic N) is 1. The summed E-state index contributed by atoms with van der Waals surface area (Å²) < 4.78 is 0. The van der Waals surface area contributed by atoms with Crippen LogP contribution in [0.1, 0.15) is 34.9 Å². The fraction of sp³-hybridized carbons (Fsp3) is 0.136. The number of nitrogens with two attached hydrogens (primary N) is 1. The summed E-state index contributed by atoms with van der Waals surface area (Å²) in [7, 11) is 0. The Hall–Kier alpha value is -2.23. The highest BCUT2D eigenvalue weighted by Gasteiger charge is 2.17. The van der Waals surface area contributed by atoms with Crippen LogP contribution in [0.15, 0.2) is 89.9 Å². The van der Waals surface area contributed by atoms with Crippen molar-refractivity contribution in [3.63, 3.8) is 0 Å². The van der Waals surface area contributed by atoms with Gasteiger partial charge in [0.15, 0.2) is 5.17 Å². The second kappa shape index (κ2) is 8.93. The van der Waals surface area contributed by atoms with Gasteiger partial charge in [0.05, 0.1) is 11.3 Å². The smallest absolute Gasteiger partial charge is 0.155 e. The molecular weight excluding hydrogens is 360 g/mol. The minimum absolute atomic E-state index is 0.0188. The molecule has 0 aromatic heterocycles. The van der Waals surface area contributed by atoms with Crippen molar-refractivity contribution in [1.82, 2.24) is 0 Å². The third kappa shape index (κ3) is 4.90. The molecule has 0 spiro atoms. The van der Waals surface area contributed by atoms with E-state index < -0.39 is 0 Å². The maximum Gasteiger partial charge on any atom is 0.155 e. The van der Waals surface area contributed by atoms with Gasteiger partial charge in [-0.25, -0.2) is 0 Å². The monoisotopic (exact) mass is 380 g/mol. The molecule has 26 heavy (non-hydrogen) atoms. The first kappa shape index (κ1) is 18.6. The molecule has 3 aromatic rings. The third-order valence-electron chi connectivity index (χ3n) is 4.12. The number of amidine groups is 1. The molecule has 4 heteroatoms. The standard InChI is InChI=1S/C22H21ClN2S/c1-16(17-8-4-2-5-9-17)25-22(24)26-21(18-10-6-3-7-11-18)19-12-14-20(23)15-13-19/h2-16,21H,1H3,(H2,24,25)/t16-,21+/m0/s1. The van der Waals surface area contributed by atoms with E-state index in [4.69, 9.17) is 17.3 Å². The van der Waals surface area contributed by atoms with Crippen molar-refractivity contribution < 1.29 is 0 Å². The summed E-state index contributed by atoms with van der Waals surface area (Å²) in [6.07, 6.45) is 0. The lowest BCUT2D eigenvalue weighted by molar-refractivity contribution is 0.822. The van der Waals surface area contributed by atoms with Crippen molar-refractivity contribution >= 4 is 28.5 Å². The van der Waals surface area contributed by atoms with E-state index in [0.29, 0.717) is 5.17 Å². The molecule has 0 aliphatic rings. The number of benzene rings is 3. The summed E-state index contributed by atoms with van der Waals surface area (Å²) in [5.41, 5.74) is 9.79. The zero-order valence-corrected chi connectivity index (χ0v) is 16.1. The molecule has 0 heterocycles.